The molecule has 1 aromatic carbocycles. The lowest BCUT2D eigenvalue weighted by atomic mass is 10.2. The molecule has 0 heterocycles. The first-order valence-electron chi connectivity index (χ1n) is 3.98. The standard InChI is InChI=1S/C9H9ClFNO2/c1-2-14-8-6(10)4-3-5(7(8)11)9(12)13/h3-4H,2H2,1H3,(H2,12,13). The molecule has 0 bridgehead atoms. The number of amides is 1. The van der Waals surface area contributed by atoms with Crippen molar-refractivity contribution >= 4 is 17.5 Å². The SMILES string of the molecule is CCOc1c(Cl)ccc(C(N)=O)c1F. The summed E-state index contributed by atoms with van der Waals surface area (Å²) in [6, 6.07) is 2.60. The van der Waals surface area contributed by atoms with Gasteiger partial charge in [-0.15, -0.1) is 0 Å². The number of carbonyl (C=O) groups is 1. The van der Waals surface area contributed by atoms with Gasteiger partial charge in [0.1, 0.15) is 0 Å². The van der Waals surface area contributed by atoms with E-state index >= 15 is 0 Å². The molecule has 0 saturated heterocycles. The highest BCUT2D eigenvalue weighted by atomic mass is 35.5. The van der Waals surface area contributed by atoms with Crippen molar-refractivity contribution in [3.8, 4) is 5.75 Å². The largest absolute Gasteiger partial charge is 0.489 e. The monoisotopic (exact) mass is 217 g/mol. The minimum atomic E-state index is -0.847. The Kier molecular flexibility index (Phi) is 3.30. The number of primary amides is 1. The third kappa shape index (κ3) is 1.96. The Morgan fingerprint density at radius 1 is 1.64 bits per heavy atom. The van der Waals surface area contributed by atoms with Crippen molar-refractivity contribution in [1.29, 1.82) is 0 Å². The molecule has 0 fully saturated rings. The van der Waals surface area contributed by atoms with Gasteiger partial charge in [0.2, 0.25) is 0 Å². The van der Waals surface area contributed by atoms with Crippen LogP contribution in [-0.2, 0) is 0 Å². The summed E-state index contributed by atoms with van der Waals surface area (Å²) < 4.78 is 18.4. The van der Waals surface area contributed by atoms with Gasteiger partial charge < -0.3 is 10.5 Å². The number of rotatable bonds is 3. The van der Waals surface area contributed by atoms with Crippen molar-refractivity contribution in [1.82, 2.24) is 0 Å². The first-order valence-corrected chi connectivity index (χ1v) is 4.36. The highest BCUT2D eigenvalue weighted by Crippen LogP contribution is 2.29. The van der Waals surface area contributed by atoms with E-state index in [1.165, 1.54) is 12.1 Å². The Morgan fingerprint density at radius 3 is 2.79 bits per heavy atom. The zero-order valence-electron chi connectivity index (χ0n) is 7.51. The highest BCUT2D eigenvalue weighted by Gasteiger charge is 2.16. The van der Waals surface area contributed by atoms with Crippen molar-refractivity contribution in [2.75, 3.05) is 6.61 Å². The van der Waals surface area contributed by atoms with Gasteiger partial charge in [0.25, 0.3) is 5.91 Å². The van der Waals surface area contributed by atoms with Crippen LogP contribution in [0.5, 0.6) is 5.75 Å². The smallest absolute Gasteiger partial charge is 0.251 e. The molecule has 0 unspecified atom stereocenters. The van der Waals surface area contributed by atoms with Crippen LogP contribution in [0.15, 0.2) is 12.1 Å². The second-order valence-electron chi connectivity index (χ2n) is 2.54. The van der Waals surface area contributed by atoms with Gasteiger partial charge in [0.15, 0.2) is 11.6 Å². The molecule has 1 rings (SSSR count). The summed E-state index contributed by atoms with van der Waals surface area (Å²) in [5, 5.41) is 0.120. The molecule has 1 aromatic rings. The van der Waals surface area contributed by atoms with Gasteiger partial charge in [0, 0.05) is 0 Å². The van der Waals surface area contributed by atoms with E-state index < -0.39 is 11.7 Å². The Bertz CT molecular complexity index is 368. The van der Waals surface area contributed by atoms with E-state index in [1.807, 2.05) is 0 Å². The molecule has 0 aliphatic carbocycles. The van der Waals surface area contributed by atoms with Gasteiger partial charge in [-0.3, -0.25) is 4.79 Å². The predicted octanol–water partition coefficient (Wildman–Crippen LogP) is 1.98. The molecule has 2 N–H and O–H groups in total. The fraction of sp³-hybridized carbons (Fsp3) is 0.222. The van der Waals surface area contributed by atoms with Gasteiger partial charge in [0.05, 0.1) is 17.2 Å². The summed E-state index contributed by atoms with van der Waals surface area (Å²) in [6.07, 6.45) is 0. The molecule has 0 radical (unpaired) electrons. The summed E-state index contributed by atoms with van der Waals surface area (Å²) in [6.45, 7) is 1.95. The topological polar surface area (TPSA) is 52.3 Å². The molecule has 0 aliphatic heterocycles. The van der Waals surface area contributed by atoms with Crippen molar-refractivity contribution in [3.63, 3.8) is 0 Å². The molecule has 5 heteroatoms. The molecule has 0 atom stereocenters. The van der Waals surface area contributed by atoms with Gasteiger partial charge >= 0.3 is 0 Å². The number of benzene rings is 1. The first-order chi connectivity index (χ1) is 6.57. The van der Waals surface area contributed by atoms with E-state index in [-0.39, 0.29) is 22.9 Å². The number of hydrogen-bond donors (Lipinski definition) is 1. The molecule has 0 aromatic heterocycles. The molecule has 76 valence electrons. The van der Waals surface area contributed by atoms with Crippen LogP contribution in [0.3, 0.4) is 0 Å². The van der Waals surface area contributed by atoms with Gasteiger partial charge in [-0.2, -0.15) is 0 Å². The lowest BCUT2D eigenvalue weighted by Crippen LogP contribution is -2.14. The minimum Gasteiger partial charge on any atom is -0.489 e. The van der Waals surface area contributed by atoms with Crippen LogP contribution in [0, 0.1) is 5.82 Å². The summed E-state index contributed by atoms with van der Waals surface area (Å²) in [5.74, 6) is -1.79. The maximum absolute atomic E-state index is 13.5. The van der Waals surface area contributed by atoms with E-state index in [9.17, 15) is 9.18 Å². The number of ether oxygens (including phenoxy) is 1. The molecule has 0 spiro atoms. The summed E-state index contributed by atoms with van der Waals surface area (Å²) in [4.78, 5) is 10.8. The number of halogens is 2. The van der Waals surface area contributed by atoms with Crippen molar-refractivity contribution < 1.29 is 13.9 Å². The van der Waals surface area contributed by atoms with Crippen LogP contribution in [0.2, 0.25) is 5.02 Å². The maximum atomic E-state index is 13.5. The Balaban J connectivity index is 3.26. The quantitative estimate of drug-likeness (QED) is 0.842. The third-order valence-electron chi connectivity index (χ3n) is 1.60. The van der Waals surface area contributed by atoms with Crippen LogP contribution >= 0.6 is 11.6 Å². The van der Waals surface area contributed by atoms with Gasteiger partial charge in [-0.1, -0.05) is 11.6 Å². The zero-order chi connectivity index (χ0) is 10.7. The average Bonchev–Trinajstić information content (AvgIpc) is 2.11. The predicted molar refractivity (Wildman–Crippen MR) is 51.1 cm³/mol. The van der Waals surface area contributed by atoms with Crippen LogP contribution in [0.25, 0.3) is 0 Å². The fourth-order valence-electron chi connectivity index (χ4n) is 0.999. The Labute approximate surface area is 85.6 Å². The van der Waals surface area contributed by atoms with E-state index in [0.717, 1.165) is 0 Å². The van der Waals surface area contributed by atoms with E-state index in [0.29, 0.717) is 0 Å². The van der Waals surface area contributed by atoms with Crippen LogP contribution in [0.1, 0.15) is 17.3 Å². The van der Waals surface area contributed by atoms with Crippen LogP contribution in [-0.4, -0.2) is 12.5 Å². The Morgan fingerprint density at radius 2 is 2.29 bits per heavy atom. The summed E-state index contributed by atoms with van der Waals surface area (Å²) in [5.41, 5.74) is 4.73. The summed E-state index contributed by atoms with van der Waals surface area (Å²) >= 11 is 5.67. The van der Waals surface area contributed by atoms with Gasteiger partial charge in [-0.05, 0) is 19.1 Å². The van der Waals surface area contributed by atoms with Gasteiger partial charge in [-0.25, -0.2) is 4.39 Å². The first kappa shape index (κ1) is 10.8. The lowest BCUT2D eigenvalue weighted by Gasteiger charge is -2.08. The molecular formula is C9H9ClFNO2. The van der Waals surface area contributed by atoms with Crippen molar-refractivity contribution in [2.45, 2.75) is 6.92 Å². The highest BCUT2D eigenvalue weighted by molar-refractivity contribution is 6.32. The normalized spacial score (nSPS) is 9.93. The number of carbonyl (C=O) groups excluding carboxylic acids is 1. The molecule has 0 saturated carbocycles. The molecule has 3 nitrogen and oxygen atoms in total. The third-order valence-corrected chi connectivity index (χ3v) is 1.90. The van der Waals surface area contributed by atoms with E-state index in [4.69, 9.17) is 22.1 Å². The van der Waals surface area contributed by atoms with Crippen molar-refractivity contribution in [3.05, 3.63) is 28.5 Å². The van der Waals surface area contributed by atoms with E-state index in [2.05, 4.69) is 0 Å². The van der Waals surface area contributed by atoms with E-state index in [1.54, 1.807) is 6.92 Å². The molecule has 1 amide bonds. The second kappa shape index (κ2) is 4.28. The molecular weight excluding hydrogens is 209 g/mol. The lowest BCUT2D eigenvalue weighted by molar-refractivity contribution is 0.0995. The minimum absolute atomic E-state index is 0.120. The fourth-order valence-corrected chi connectivity index (χ4v) is 1.20. The molecule has 0 aliphatic rings. The Hall–Kier alpha value is -1.29. The summed E-state index contributed by atoms with van der Waals surface area (Å²) in [7, 11) is 0. The van der Waals surface area contributed by atoms with Crippen LogP contribution in [0.4, 0.5) is 4.39 Å². The number of hydrogen-bond acceptors (Lipinski definition) is 2. The average molecular weight is 218 g/mol. The second-order valence-corrected chi connectivity index (χ2v) is 2.94. The van der Waals surface area contributed by atoms with Crippen molar-refractivity contribution in [2.24, 2.45) is 5.73 Å². The zero-order valence-corrected chi connectivity index (χ0v) is 8.27. The maximum Gasteiger partial charge on any atom is 0.251 e. The number of nitrogens with two attached hydrogens (primary N) is 1. The molecule has 14 heavy (non-hydrogen) atoms. The van der Waals surface area contributed by atoms with Crippen LogP contribution < -0.4 is 10.5 Å².